The molecule has 3 aromatic rings. The van der Waals surface area contributed by atoms with Crippen molar-refractivity contribution >= 4 is 11.8 Å². The van der Waals surface area contributed by atoms with Crippen LogP contribution in [0.15, 0.2) is 89.8 Å². The van der Waals surface area contributed by atoms with E-state index in [4.69, 9.17) is 4.74 Å². The van der Waals surface area contributed by atoms with Crippen LogP contribution in [0.3, 0.4) is 0 Å². The van der Waals surface area contributed by atoms with Crippen molar-refractivity contribution in [3.05, 3.63) is 96.1 Å². The number of benzene rings is 3. The molecular weight excluding hydrogens is 288 g/mol. The Labute approximate surface area is 136 Å². The lowest BCUT2D eigenvalue weighted by atomic mass is 10.2. The molecule has 3 aromatic carbocycles. The molecule has 0 aromatic heterocycles. The van der Waals surface area contributed by atoms with Crippen molar-refractivity contribution in [2.45, 2.75) is 17.3 Å². The van der Waals surface area contributed by atoms with Crippen LogP contribution in [0.4, 0.5) is 0 Å². The minimum atomic E-state index is 0.608. The molecule has 0 fully saturated rings. The van der Waals surface area contributed by atoms with Crippen molar-refractivity contribution in [3.8, 4) is 5.75 Å². The van der Waals surface area contributed by atoms with Crippen molar-refractivity contribution in [1.29, 1.82) is 0 Å². The van der Waals surface area contributed by atoms with E-state index in [1.165, 1.54) is 16.0 Å². The molecule has 0 amide bonds. The molecule has 0 aliphatic carbocycles. The van der Waals surface area contributed by atoms with Crippen molar-refractivity contribution in [2.75, 3.05) is 0 Å². The highest BCUT2D eigenvalue weighted by atomic mass is 32.2. The van der Waals surface area contributed by atoms with E-state index in [-0.39, 0.29) is 0 Å². The third-order valence-corrected chi connectivity index (χ3v) is 4.40. The van der Waals surface area contributed by atoms with Crippen LogP contribution in [0, 0.1) is 0 Å². The fraction of sp³-hybridized carbons (Fsp3) is 0.100. The number of hydrogen-bond acceptors (Lipinski definition) is 2. The first-order chi connectivity index (χ1) is 10.9. The first-order valence-electron chi connectivity index (χ1n) is 7.34. The van der Waals surface area contributed by atoms with Gasteiger partial charge >= 0.3 is 0 Å². The first kappa shape index (κ1) is 14.7. The molecule has 1 nitrogen and oxygen atoms in total. The lowest BCUT2D eigenvalue weighted by Crippen LogP contribution is -1.94. The van der Waals surface area contributed by atoms with Gasteiger partial charge in [-0.1, -0.05) is 60.7 Å². The normalized spacial score (nSPS) is 10.4. The highest BCUT2D eigenvalue weighted by Crippen LogP contribution is 2.25. The molecule has 0 saturated carbocycles. The number of ether oxygens (including phenoxy) is 1. The average Bonchev–Trinajstić information content (AvgIpc) is 2.61. The molecule has 0 radical (unpaired) electrons. The van der Waals surface area contributed by atoms with E-state index in [1.54, 1.807) is 0 Å². The second kappa shape index (κ2) is 7.71. The zero-order chi connectivity index (χ0) is 15.0. The van der Waals surface area contributed by atoms with Gasteiger partial charge in [0, 0.05) is 10.6 Å². The highest BCUT2D eigenvalue weighted by Gasteiger charge is 1.99. The van der Waals surface area contributed by atoms with E-state index in [2.05, 4.69) is 48.5 Å². The Balaban J connectivity index is 1.52. The Bertz CT molecular complexity index is 615. The Morgan fingerprint density at radius 3 is 1.86 bits per heavy atom. The molecule has 0 spiro atoms. The van der Waals surface area contributed by atoms with Crippen LogP contribution in [0.1, 0.15) is 11.1 Å². The van der Waals surface area contributed by atoms with Crippen LogP contribution in [-0.2, 0) is 12.4 Å². The topological polar surface area (TPSA) is 9.23 Å². The van der Waals surface area contributed by atoms with E-state index in [0.717, 1.165) is 11.5 Å². The van der Waals surface area contributed by atoms with E-state index in [1.807, 2.05) is 48.2 Å². The second-order valence-electron chi connectivity index (χ2n) is 5.02. The summed E-state index contributed by atoms with van der Waals surface area (Å²) in [5.41, 5.74) is 2.53. The number of hydrogen-bond donors (Lipinski definition) is 0. The fourth-order valence-electron chi connectivity index (χ4n) is 2.11. The van der Waals surface area contributed by atoms with Gasteiger partial charge < -0.3 is 4.74 Å². The Hall–Kier alpha value is -2.19. The molecule has 0 unspecified atom stereocenters. The quantitative estimate of drug-likeness (QED) is 0.552. The second-order valence-corrected chi connectivity index (χ2v) is 6.07. The standard InChI is InChI=1S/C20H18OS/c1-3-7-17(8-4-1)15-21-19-11-13-20(14-12-19)22-16-18-9-5-2-6-10-18/h1-14H,15-16H2. The van der Waals surface area contributed by atoms with E-state index >= 15 is 0 Å². The maximum atomic E-state index is 5.80. The van der Waals surface area contributed by atoms with Crippen LogP contribution in [-0.4, -0.2) is 0 Å². The summed E-state index contributed by atoms with van der Waals surface area (Å²) < 4.78 is 5.80. The van der Waals surface area contributed by atoms with Crippen LogP contribution in [0.25, 0.3) is 0 Å². The minimum Gasteiger partial charge on any atom is -0.489 e. The summed E-state index contributed by atoms with van der Waals surface area (Å²) in [6.07, 6.45) is 0. The van der Waals surface area contributed by atoms with E-state index < -0.39 is 0 Å². The molecule has 0 aliphatic heterocycles. The molecule has 0 heterocycles. The van der Waals surface area contributed by atoms with Crippen molar-refractivity contribution in [1.82, 2.24) is 0 Å². The summed E-state index contributed by atoms with van der Waals surface area (Å²) >= 11 is 1.84. The van der Waals surface area contributed by atoms with Crippen molar-refractivity contribution < 1.29 is 4.74 Å². The summed E-state index contributed by atoms with van der Waals surface area (Å²) in [6, 6.07) is 29.1. The third-order valence-electron chi connectivity index (χ3n) is 3.32. The molecule has 2 heteroatoms. The smallest absolute Gasteiger partial charge is 0.119 e. The SMILES string of the molecule is c1ccc(COc2ccc(SCc3ccccc3)cc2)cc1. The average molecular weight is 306 g/mol. The zero-order valence-electron chi connectivity index (χ0n) is 12.3. The van der Waals surface area contributed by atoms with Crippen LogP contribution in [0.2, 0.25) is 0 Å². The summed E-state index contributed by atoms with van der Waals surface area (Å²) in [6.45, 7) is 0.608. The summed E-state index contributed by atoms with van der Waals surface area (Å²) in [5.74, 6) is 1.90. The summed E-state index contributed by atoms with van der Waals surface area (Å²) in [5, 5.41) is 0. The zero-order valence-corrected chi connectivity index (χ0v) is 13.1. The van der Waals surface area contributed by atoms with Crippen molar-refractivity contribution in [2.24, 2.45) is 0 Å². The van der Waals surface area contributed by atoms with Gasteiger partial charge in [-0.15, -0.1) is 11.8 Å². The predicted octanol–water partition coefficient (Wildman–Crippen LogP) is 5.56. The molecule has 110 valence electrons. The lowest BCUT2D eigenvalue weighted by Gasteiger charge is -2.07. The van der Waals surface area contributed by atoms with Gasteiger partial charge in [0.15, 0.2) is 0 Å². The highest BCUT2D eigenvalue weighted by molar-refractivity contribution is 7.98. The van der Waals surface area contributed by atoms with E-state index in [9.17, 15) is 0 Å². The van der Waals surface area contributed by atoms with Crippen molar-refractivity contribution in [3.63, 3.8) is 0 Å². The monoisotopic (exact) mass is 306 g/mol. The van der Waals surface area contributed by atoms with Crippen LogP contribution in [0.5, 0.6) is 5.75 Å². The predicted molar refractivity (Wildman–Crippen MR) is 93.2 cm³/mol. The van der Waals surface area contributed by atoms with Gasteiger partial charge in [-0.25, -0.2) is 0 Å². The maximum Gasteiger partial charge on any atom is 0.119 e. The largest absolute Gasteiger partial charge is 0.489 e. The van der Waals surface area contributed by atoms with Crippen LogP contribution < -0.4 is 4.74 Å². The molecule has 0 atom stereocenters. The molecule has 0 N–H and O–H groups in total. The maximum absolute atomic E-state index is 5.80. The van der Waals surface area contributed by atoms with Gasteiger partial charge in [0.25, 0.3) is 0 Å². The van der Waals surface area contributed by atoms with E-state index in [0.29, 0.717) is 6.61 Å². The summed E-state index contributed by atoms with van der Waals surface area (Å²) in [4.78, 5) is 1.26. The molecule has 22 heavy (non-hydrogen) atoms. The van der Waals surface area contributed by atoms with Gasteiger partial charge in [-0.2, -0.15) is 0 Å². The minimum absolute atomic E-state index is 0.608. The van der Waals surface area contributed by atoms with Gasteiger partial charge in [-0.05, 0) is 35.4 Å². The van der Waals surface area contributed by atoms with Crippen LogP contribution >= 0.6 is 11.8 Å². The fourth-order valence-corrected chi connectivity index (χ4v) is 2.97. The molecular formula is C20H18OS. The lowest BCUT2D eigenvalue weighted by molar-refractivity contribution is 0.306. The Morgan fingerprint density at radius 1 is 0.636 bits per heavy atom. The van der Waals surface area contributed by atoms with Gasteiger partial charge in [0.05, 0.1) is 0 Å². The molecule has 0 aliphatic rings. The third kappa shape index (κ3) is 4.40. The number of rotatable bonds is 6. The Kier molecular flexibility index (Phi) is 5.17. The van der Waals surface area contributed by atoms with Gasteiger partial charge in [0.1, 0.15) is 12.4 Å². The Morgan fingerprint density at radius 2 is 1.23 bits per heavy atom. The number of thioether (sulfide) groups is 1. The summed E-state index contributed by atoms with van der Waals surface area (Å²) in [7, 11) is 0. The van der Waals surface area contributed by atoms with Gasteiger partial charge in [0.2, 0.25) is 0 Å². The molecule has 3 rings (SSSR count). The molecule has 0 saturated heterocycles. The van der Waals surface area contributed by atoms with Gasteiger partial charge in [-0.3, -0.25) is 0 Å². The molecule has 0 bridgehead atoms. The first-order valence-corrected chi connectivity index (χ1v) is 8.32.